The lowest BCUT2D eigenvalue weighted by atomic mass is 10.3. The Balaban J connectivity index is 2.72. The van der Waals surface area contributed by atoms with Crippen LogP contribution in [-0.2, 0) is 9.05 Å². The maximum atomic E-state index is 11.4. The molecule has 1 heterocycles. The Hall–Kier alpha value is -0.920. The third kappa shape index (κ3) is 2.26. The van der Waals surface area contributed by atoms with E-state index in [1.165, 1.54) is 23.4 Å². The molecule has 0 atom stereocenters. The number of rotatable bonds is 2. The van der Waals surface area contributed by atoms with Crippen molar-refractivity contribution in [2.75, 3.05) is 0 Å². The second kappa shape index (κ2) is 4.15. The van der Waals surface area contributed by atoms with Gasteiger partial charge in [0.05, 0.1) is 5.69 Å². The van der Waals surface area contributed by atoms with Crippen molar-refractivity contribution in [3.8, 4) is 5.69 Å². The Morgan fingerprint density at radius 1 is 1.38 bits per heavy atom. The van der Waals surface area contributed by atoms with E-state index in [1.807, 2.05) is 0 Å². The number of nitrogens with zero attached hydrogens (tertiary/aromatic N) is 3. The highest BCUT2D eigenvalue weighted by Crippen LogP contribution is 2.26. The fourth-order valence-corrected chi connectivity index (χ4v) is 2.77. The maximum absolute atomic E-state index is 11.4. The van der Waals surface area contributed by atoms with E-state index in [-0.39, 0.29) is 4.90 Å². The lowest BCUT2D eigenvalue weighted by Gasteiger charge is -2.06. The Morgan fingerprint density at radius 2 is 2.12 bits per heavy atom. The number of aromatic nitrogens is 3. The zero-order chi connectivity index (χ0) is 11.8. The average Bonchev–Trinajstić information content (AvgIpc) is 2.69. The van der Waals surface area contributed by atoms with Gasteiger partial charge in [0.2, 0.25) is 0 Å². The third-order valence-electron chi connectivity index (χ3n) is 1.85. The van der Waals surface area contributed by atoms with Gasteiger partial charge in [-0.3, -0.25) is 0 Å². The smallest absolute Gasteiger partial charge is 0.223 e. The van der Waals surface area contributed by atoms with E-state index < -0.39 is 9.05 Å². The summed E-state index contributed by atoms with van der Waals surface area (Å²) in [7, 11) is 1.51. The van der Waals surface area contributed by atoms with Crippen LogP contribution in [0.25, 0.3) is 5.69 Å². The molecule has 8 heteroatoms. The second-order valence-corrected chi connectivity index (χ2v) is 6.34. The summed E-state index contributed by atoms with van der Waals surface area (Å²) in [6.07, 6.45) is 2.71. The summed E-state index contributed by atoms with van der Waals surface area (Å²) in [5, 5.41) is 3.86. The van der Waals surface area contributed by atoms with Gasteiger partial charge in [-0.1, -0.05) is 15.9 Å². The summed E-state index contributed by atoms with van der Waals surface area (Å²) in [5.74, 6) is 0. The highest BCUT2D eigenvalue weighted by atomic mass is 79.9. The van der Waals surface area contributed by atoms with E-state index in [1.54, 1.807) is 12.1 Å². The Morgan fingerprint density at radius 3 is 2.69 bits per heavy atom. The van der Waals surface area contributed by atoms with E-state index in [9.17, 15) is 8.42 Å². The number of hydrogen-bond acceptors (Lipinski definition) is 4. The molecular formula is C8H5BrClN3O2S. The predicted molar refractivity (Wildman–Crippen MR) is 62.1 cm³/mol. The molecule has 0 aliphatic heterocycles. The molecule has 0 radical (unpaired) electrons. The molecule has 0 saturated carbocycles. The van der Waals surface area contributed by atoms with Crippen molar-refractivity contribution < 1.29 is 8.42 Å². The minimum atomic E-state index is -3.83. The maximum Gasteiger partial charge on any atom is 0.263 e. The Kier molecular flexibility index (Phi) is 3.00. The van der Waals surface area contributed by atoms with Crippen LogP contribution >= 0.6 is 26.6 Å². The molecule has 1 aromatic heterocycles. The molecule has 0 aliphatic carbocycles. The first kappa shape index (κ1) is 11.6. The molecule has 0 fully saturated rings. The van der Waals surface area contributed by atoms with Crippen LogP contribution in [0.15, 0.2) is 40.2 Å². The molecule has 2 rings (SSSR count). The molecule has 0 unspecified atom stereocenters. The second-order valence-electron chi connectivity index (χ2n) is 2.89. The molecule has 0 amide bonds. The van der Waals surface area contributed by atoms with Gasteiger partial charge in [-0.05, 0) is 18.2 Å². The molecule has 1 aromatic carbocycles. The van der Waals surface area contributed by atoms with Crippen LogP contribution in [-0.4, -0.2) is 23.2 Å². The van der Waals surface area contributed by atoms with Gasteiger partial charge in [-0.25, -0.2) is 18.1 Å². The van der Waals surface area contributed by atoms with Gasteiger partial charge in [0.25, 0.3) is 9.05 Å². The highest BCUT2D eigenvalue weighted by molar-refractivity contribution is 9.10. The van der Waals surface area contributed by atoms with Crippen molar-refractivity contribution >= 4 is 35.7 Å². The van der Waals surface area contributed by atoms with Gasteiger partial charge in [0.15, 0.2) is 0 Å². The van der Waals surface area contributed by atoms with Crippen LogP contribution in [0.1, 0.15) is 0 Å². The zero-order valence-electron chi connectivity index (χ0n) is 7.71. The number of halogens is 2. The van der Waals surface area contributed by atoms with Crippen molar-refractivity contribution in [3.05, 3.63) is 35.3 Å². The largest absolute Gasteiger partial charge is 0.263 e. The average molecular weight is 323 g/mol. The van der Waals surface area contributed by atoms with E-state index in [0.29, 0.717) is 10.2 Å². The van der Waals surface area contributed by atoms with E-state index in [0.717, 1.165) is 0 Å². The molecule has 0 aliphatic rings. The van der Waals surface area contributed by atoms with Crippen LogP contribution in [0, 0.1) is 0 Å². The molecule has 2 aromatic rings. The summed E-state index contributed by atoms with van der Waals surface area (Å²) >= 11 is 3.18. The van der Waals surface area contributed by atoms with Crippen LogP contribution in [0.2, 0.25) is 0 Å². The summed E-state index contributed by atoms with van der Waals surface area (Å²) < 4.78 is 24.7. The molecule has 84 valence electrons. The minimum absolute atomic E-state index is 0.0194. The third-order valence-corrected chi connectivity index (χ3v) is 3.69. The first-order valence-corrected chi connectivity index (χ1v) is 7.18. The molecule has 0 N–H and O–H groups in total. The van der Waals surface area contributed by atoms with Gasteiger partial charge in [0.1, 0.15) is 17.6 Å². The standard InChI is InChI=1S/C8H5BrClN3O2S/c9-6-1-2-7(13-5-11-4-12-13)8(3-6)16(10,14)15/h1-5H. The van der Waals surface area contributed by atoms with E-state index in [4.69, 9.17) is 10.7 Å². The molecule has 0 bridgehead atoms. The summed E-state index contributed by atoms with van der Waals surface area (Å²) in [4.78, 5) is 3.73. The van der Waals surface area contributed by atoms with Gasteiger partial charge >= 0.3 is 0 Å². The number of hydrogen-bond donors (Lipinski definition) is 0. The van der Waals surface area contributed by atoms with Crippen molar-refractivity contribution in [1.82, 2.24) is 14.8 Å². The fraction of sp³-hybridized carbons (Fsp3) is 0. The van der Waals surface area contributed by atoms with Gasteiger partial charge < -0.3 is 0 Å². The van der Waals surface area contributed by atoms with Crippen molar-refractivity contribution in [2.45, 2.75) is 4.90 Å². The van der Waals surface area contributed by atoms with E-state index in [2.05, 4.69) is 26.0 Å². The van der Waals surface area contributed by atoms with Gasteiger partial charge in [0, 0.05) is 15.2 Å². The molecule has 16 heavy (non-hydrogen) atoms. The van der Waals surface area contributed by atoms with Gasteiger partial charge in [-0.2, -0.15) is 5.10 Å². The quantitative estimate of drug-likeness (QED) is 0.793. The minimum Gasteiger partial charge on any atom is -0.223 e. The Labute approximate surface area is 105 Å². The predicted octanol–water partition coefficient (Wildman–Crippen LogP) is 1.96. The monoisotopic (exact) mass is 321 g/mol. The zero-order valence-corrected chi connectivity index (χ0v) is 10.9. The van der Waals surface area contributed by atoms with Crippen LogP contribution in [0.3, 0.4) is 0 Å². The highest BCUT2D eigenvalue weighted by Gasteiger charge is 2.17. The van der Waals surface area contributed by atoms with Crippen molar-refractivity contribution in [3.63, 3.8) is 0 Å². The molecule has 0 spiro atoms. The SMILES string of the molecule is O=S(=O)(Cl)c1cc(Br)ccc1-n1cncn1. The Bertz CT molecular complexity index is 612. The summed E-state index contributed by atoms with van der Waals surface area (Å²) in [6, 6.07) is 4.70. The topological polar surface area (TPSA) is 64.8 Å². The first-order valence-electron chi connectivity index (χ1n) is 4.08. The lowest BCUT2D eigenvalue weighted by molar-refractivity contribution is 0.608. The summed E-state index contributed by atoms with van der Waals surface area (Å²) in [5.41, 5.74) is 0.357. The molecule has 5 nitrogen and oxygen atoms in total. The van der Waals surface area contributed by atoms with Crippen molar-refractivity contribution in [2.24, 2.45) is 0 Å². The van der Waals surface area contributed by atoms with Crippen molar-refractivity contribution in [1.29, 1.82) is 0 Å². The fourth-order valence-electron chi connectivity index (χ4n) is 1.21. The normalized spacial score (nSPS) is 11.6. The van der Waals surface area contributed by atoms with Crippen LogP contribution < -0.4 is 0 Å². The number of benzene rings is 1. The molecular weight excluding hydrogens is 318 g/mol. The van der Waals surface area contributed by atoms with Crippen LogP contribution in [0.4, 0.5) is 0 Å². The van der Waals surface area contributed by atoms with Crippen LogP contribution in [0.5, 0.6) is 0 Å². The van der Waals surface area contributed by atoms with Gasteiger partial charge in [-0.15, -0.1) is 0 Å². The van der Waals surface area contributed by atoms with E-state index >= 15 is 0 Å². The summed E-state index contributed by atoms with van der Waals surface area (Å²) in [6.45, 7) is 0. The lowest BCUT2D eigenvalue weighted by Crippen LogP contribution is -2.02. The first-order chi connectivity index (χ1) is 7.48. The molecule has 0 saturated heterocycles.